The number of anilines is 2. The molecule has 1 fully saturated rings. The first kappa shape index (κ1) is 15.5. The number of ether oxygens (including phenoxy) is 1. The fraction of sp³-hybridized carbons (Fsp3) is 0.643. The highest BCUT2D eigenvalue weighted by molar-refractivity contribution is 5.97. The van der Waals surface area contributed by atoms with Crippen LogP contribution in [0, 0.1) is 0 Å². The van der Waals surface area contributed by atoms with Crippen molar-refractivity contribution in [3.8, 4) is 0 Å². The molecule has 1 aromatic rings. The Morgan fingerprint density at radius 3 is 2.81 bits per heavy atom. The van der Waals surface area contributed by atoms with Crippen LogP contribution in [0.15, 0.2) is 6.20 Å². The summed E-state index contributed by atoms with van der Waals surface area (Å²) in [6, 6.07) is 0.195. The summed E-state index contributed by atoms with van der Waals surface area (Å²) in [5.74, 6) is 0.376. The van der Waals surface area contributed by atoms with Crippen molar-refractivity contribution in [3.05, 3.63) is 11.8 Å². The second-order valence-electron chi connectivity index (χ2n) is 6.25. The Kier molecular flexibility index (Phi) is 4.62. The average Bonchev–Trinajstić information content (AvgIpc) is 2.37. The zero-order valence-corrected chi connectivity index (χ0v) is 12.8. The Hall–Kier alpha value is -1.89. The van der Waals surface area contributed by atoms with Crippen LogP contribution in [0.25, 0.3) is 0 Å². The van der Waals surface area contributed by atoms with Crippen molar-refractivity contribution < 1.29 is 9.53 Å². The number of carbonyl (C=O) groups is 1. The van der Waals surface area contributed by atoms with Crippen LogP contribution in [0.2, 0.25) is 0 Å². The molecule has 4 N–H and O–H groups in total. The molecule has 0 spiro atoms. The number of hydrogen-bond acceptors (Lipinski definition) is 6. The van der Waals surface area contributed by atoms with Gasteiger partial charge in [0.15, 0.2) is 0 Å². The highest BCUT2D eigenvalue weighted by atomic mass is 16.5. The zero-order valence-electron chi connectivity index (χ0n) is 12.8. The first-order chi connectivity index (χ1) is 9.85. The predicted molar refractivity (Wildman–Crippen MR) is 81.4 cm³/mol. The summed E-state index contributed by atoms with van der Waals surface area (Å²) in [5.41, 5.74) is 5.42. The van der Waals surface area contributed by atoms with Crippen LogP contribution in [-0.4, -0.2) is 40.7 Å². The van der Waals surface area contributed by atoms with Crippen molar-refractivity contribution in [3.63, 3.8) is 0 Å². The van der Waals surface area contributed by atoms with E-state index >= 15 is 0 Å². The van der Waals surface area contributed by atoms with Crippen molar-refractivity contribution in [2.45, 2.75) is 45.2 Å². The van der Waals surface area contributed by atoms with E-state index in [1.54, 1.807) is 0 Å². The Morgan fingerprint density at radius 1 is 1.48 bits per heavy atom. The van der Waals surface area contributed by atoms with E-state index < -0.39 is 5.91 Å². The molecular formula is C14H23N5O2. The van der Waals surface area contributed by atoms with E-state index in [2.05, 4.69) is 20.6 Å². The fourth-order valence-electron chi connectivity index (χ4n) is 2.12. The Balaban J connectivity index is 2.19. The van der Waals surface area contributed by atoms with Gasteiger partial charge < -0.3 is 21.1 Å². The largest absolute Gasteiger partial charge is 0.379 e. The number of primary amides is 1. The van der Waals surface area contributed by atoms with Gasteiger partial charge in [0.05, 0.1) is 18.2 Å². The molecule has 0 radical (unpaired) electrons. The van der Waals surface area contributed by atoms with E-state index in [9.17, 15) is 4.79 Å². The topological polar surface area (TPSA) is 102 Å². The van der Waals surface area contributed by atoms with Crippen LogP contribution in [0.4, 0.5) is 11.8 Å². The van der Waals surface area contributed by atoms with Gasteiger partial charge >= 0.3 is 0 Å². The SMILES string of the molecule is CC(C)(C)Nc1nc(NC2CCCOC2)ncc1C(N)=O. The van der Waals surface area contributed by atoms with E-state index in [1.165, 1.54) is 6.20 Å². The number of rotatable bonds is 4. The molecule has 0 aliphatic carbocycles. The second kappa shape index (κ2) is 6.26. The summed E-state index contributed by atoms with van der Waals surface area (Å²) >= 11 is 0. The average molecular weight is 293 g/mol. The lowest BCUT2D eigenvalue weighted by atomic mass is 10.1. The normalized spacial score (nSPS) is 19.1. The molecule has 1 aliphatic heterocycles. The minimum Gasteiger partial charge on any atom is -0.379 e. The molecule has 1 unspecified atom stereocenters. The van der Waals surface area contributed by atoms with Crippen molar-refractivity contribution in [1.82, 2.24) is 9.97 Å². The number of nitrogens with two attached hydrogens (primary N) is 1. The molecule has 1 aromatic heterocycles. The van der Waals surface area contributed by atoms with Gasteiger partial charge in [0.2, 0.25) is 5.95 Å². The van der Waals surface area contributed by atoms with Crippen molar-refractivity contribution in [1.29, 1.82) is 0 Å². The molecule has 116 valence electrons. The van der Waals surface area contributed by atoms with Gasteiger partial charge in [0.25, 0.3) is 5.91 Å². The van der Waals surface area contributed by atoms with Gasteiger partial charge in [0, 0.05) is 18.3 Å². The molecule has 1 saturated heterocycles. The van der Waals surface area contributed by atoms with Crippen LogP contribution in [0.1, 0.15) is 44.0 Å². The van der Waals surface area contributed by atoms with E-state index in [-0.39, 0.29) is 17.1 Å². The standard InChI is InChI=1S/C14H23N5O2/c1-14(2,3)19-12-10(11(15)20)7-16-13(18-12)17-9-5-4-6-21-8-9/h7,9H,4-6,8H2,1-3H3,(H2,15,20)(H2,16,17,18,19). The van der Waals surface area contributed by atoms with Crippen LogP contribution in [-0.2, 0) is 4.74 Å². The molecule has 21 heavy (non-hydrogen) atoms. The monoisotopic (exact) mass is 293 g/mol. The molecule has 0 saturated carbocycles. The van der Waals surface area contributed by atoms with E-state index in [0.717, 1.165) is 19.4 Å². The maximum absolute atomic E-state index is 11.5. The third-order valence-corrected chi connectivity index (χ3v) is 3.04. The molecule has 0 aromatic carbocycles. The molecule has 1 amide bonds. The maximum Gasteiger partial charge on any atom is 0.254 e. The molecule has 2 rings (SSSR count). The molecule has 2 heterocycles. The summed E-state index contributed by atoms with van der Waals surface area (Å²) < 4.78 is 5.42. The molecule has 1 aliphatic rings. The van der Waals surface area contributed by atoms with E-state index in [0.29, 0.717) is 18.4 Å². The number of amides is 1. The Labute approximate surface area is 124 Å². The van der Waals surface area contributed by atoms with Gasteiger partial charge in [-0.1, -0.05) is 0 Å². The third-order valence-electron chi connectivity index (χ3n) is 3.04. The Morgan fingerprint density at radius 2 is 2.24 bits per heavy atom. The van der Waals surface area contributed by atoms with Crippen molar-refractivity contribution in [2.24, 2.45) is 5.73 Å². The summed E-state index contributed by atoms with van der Waals surface area (Å²) in [4.78, 5) is 20.0. The van der Waals surface area contributed by atoms with Crippen LogP contribution in [0.3, 0.4) is 0 Å². The first-order valence-electron chi connectivity index (χ1n) is 7.14. The highest BCUT2D eigenvalue weighted by Crippen LogP contribution is 2.19. The number of carbonyl (C=O) groups excluding carboxylic acids is 1. The Bertz CT molecular complexity index is 507. The molecule has 1 atom stereocenters. The fourth-order valence-corrected chi connectivity index (χ4v) is 2.12. The van der Waals surface area contributed by atoms with E-state index in [4.69, 9.17) is 10.5 Å². The molecule has 7 nitrogen and oxygen atoms in total. The minimum absolute atomic E-state index is 0.195. The van der Waals surface area contributed by atoms with E-state index in [1.807, 2.05) is 20.8 Å². The third kappa shape index (κ3) is 4.56. The maximum atomic E-state index is 11.5. The molecular weight excluding hydrogens is 270 g/mol. The van der Waals surface area contributed by atoms with Gasteiger partial charge in [-0.15, -0.1) is 0 Å². The number of nitrogens with one attached hydrogen (secondary N) is 2. The van der Waals surface area contributed by atoms with Gasteiger partial charge in [0.1, 0.15) is 5.82 Å². The summed E-state index contributed by atoms with van der Waals surface area (Å²) in [6.07, 6.45) is 3.49. The number of hydrogen-bond donors (Lipinski definition) is 3. The highest BCUT2D eigenvalue weighted by Gasteiger charge is 2.19. The molecule has 7 heteroatoms. The van der Waals surface area contributed by atoms with Gasteiger partial charge in [-0.3, -0.25) is 4.79 Å². The molecule has 0 bridgehead atoms. The van der Waals surface area contributed by atoms with Crippen LogP contribution >= 0.6 is 0 Å². The van der Waals surface area contributed by atoms with Crippen molar-refractivity contribution >= 4 is 17.7 Å². The lowest BCUT2D eigenvalue weighted by molar-refractivity contribution is 0.0874. The van der Waals surface area contributed by atoms with Crippen LogP contribution in [0.5, 0.6) is 0 Å². The summed E-state index contributed by atoms with van der Waals surface area (Å²) in [6.45, 7) is 7.41. The van der Waals surface area contributed by atoms with Gasteiger partial charge in [-0.05, 0) is 33.6 Å². The van der Waals surface area contributed by atoms with Gasteiger partial charge in [-0.25, -0.2) is 4.98 Å². The smallest absolute Gasteiger partial charge is 0.254 e. The van der Waals surface area contributed by atoms with Crippen LogP contribution < -0.4 is 16.4 Å². The lowest BCUT2D eigenvalue weighted by Gasteiger charge is -2.25. The predicted octanol–water partition coefficient (Wildman–Crippen LogP) is 1.38. The lowest BCUT2D eigenvalue weighted by Crippen LogP contribution is -2.32. The summed E-state index contributed by atoms with van der Waals surface area (Å²) in [7, 11) is 0. The van der Waals surface area contributed by atoms with Gasteiger partial charge in [-0.2, -0.15) is 4.98 Å². The minimum atomic E-state index is -0.547. The quantitative estimate of drug-likeness (QED) is 0.775. The first-order valence-corrected chi connectivity index (χ1v) is 7.14. The summed E-state index contributed by atoms with van der Waals surface area (Å²) in [5, 5.41) is 6.42. The number of aromatic nitrogens is 2. The van der Waals surface area contributed by atoms with Crippen molar-refractivity contribution in [2.75, 3.05) is 23.8 Å². The second-order valence-corrected chi connectivity index (χ2v) is 6.25. The number of nitrogens with zero attached hydrogens (tertiary/aromatic N) is 2. The zero-order chi connectivity index (χ0) is 15.5.